The van der Waals surface area contributed by atoms with Gasteiger partial charge in [-0.3, -0.25) is 0 Å². The first-order valence-corrected chi connectivity index (χ1v) is 7.37. The predicted octanol–water partition coefficient (Wildman–Crippen LogP) is 6.26. The fourth-order valence-electron chi connectivity index (χ4n) is 2.06. The lowest BCUT2D eigenvalue weighted by Gasteiger charge is -2.08. The Balaban J connectivity index is 3.60. The van der Waals surface area contributed by atoms with Crippen LogP contribution in [0.15, 0.2) is 11.1 Å². The van der Waals surface area contributed by atoms with Crippen LogP contribution in [0.2, 0.25) is 0 Å². The smallest absolute Gasteiger partial charge is 0.0320 e. The normalized spacial score (nSPS) is 12.8. The molecule has 0 spiro atoms. The number of hydrogen-bond donors (Lipinski definition) is 0. The Bertz CT molecular complexity index is 156. The van der Waals surface area contributed by atoms with Gasteiger partial charge in [0.25, 0.3) is 0 Å². The van der Waals surface area contributed by atoms with Crippen LogP contribution in [0.1, 0.15) is 91.9 Å². The second kappa shape index (κ2) is 11.2. The quantitative estimate of drug-likeness (QED) is 0.303. The van der Waals surface area contributed by atoms with E-state index >= 15 is 0 Å². The highest BCUT2D eigenvalue weighted by Gasteiger charge is 1.98. The Morgan fingerprint density at radius 3 is 1.25 bits per heavy atom. The van der Waals surface area contributed by atoms with E-state index in [4.69, 9.17) is 0 Å². The van der Waals surface area contributed by atoms with Crippen LogP contribution in [-0.4, -0.2) is 0 Å². The third-order valence-electron chi connectivity index (χ3n) is 3.54. The topological polar surface area (TPSA) is 0 Å². The largest absolute Gasteiger partial charge is 0.0744 e. The molecule has 0 heteroatoms. The molecule has 0 aromatic heterocycles. The molecule has 0 saturated heterocycles. The predicted molar refractivity (Wildman–Crippen MR) is 75.9 cm³/mol. The van der Waals surface area contributed by atoms with E-state index in [1.807, 2.05) is 0 Å². The second-order valence-electron chi connectivity index (χ2n) is 5.18. The highest BCUT2D eigenvalue weighted by atomic mass is 14.0. The van der Waals surface area contributed by atoms with Crippen molar-refractivity contribution in [2.45, 2.75) is 91.9 Å². The minimum Gasteiger partial charge on any atom is -0.0744 e. The van der Waals surface area contributed by atoms with Gasteiger partial charge in [-0.1, -0.05) is 63.5 Å². The molecule has 0 heterocycles. The van der Waals surface area contributed by atoms with Gasteiger partial charge in [0.05, 0.1) is 0 Å². The SMILES string of the molecule is CCCCCC/C(C)=C(/C)CCCCCC. The van der Waals surface area contributed by atoms with Crippen molar-refractivity contribution in [1.82, 2.24) is 0 Å². The van der Waals surface area contributed by atoms with E-state index in [0.717, 1.165) is 0 Å². The van der Waals surface area contributed by atoms with Gasteiger partial charge in [-0.25, -0.2) is 0 Å². The highest BCUT2D eigenvalue weighted by Crippen LogP contribution is 2.18. The van der Waals surface area contributed by atoms with Crippen LogP contribution in [0.4, 0.5) is 0 Å². The maximum Gasteiger partial charge on any atom is -0.0320 e. The number of unbranched alkanes of at least 4 members (excludes halogenated alkanes) is 6. The van der Waals surface area contributed by atoms with Gasteiger partial charge in [0.2, 0.25) is 0 Å². The van der Waals surface area contributed by atoms with Crippen molar-refractivity contribution in [3.05, 3.63) is 11.1 Å². The van der Waals surface area contributed by atoms with Crippen LogP contribution in [0.5, 0.6) is 0 Å². The van der Waals surface area contributed by atoms with Crippen molar-refractivity contribution >= 4 is 0 Å². The van der Waals surface area contributed by atoms with E-state index in [1.54, 1.807) is 11.1 Å². The molecular weight excluding hydrogens is 192 g/mol. The van der Waals surface area contributed by atoms with Gasteiger partial charge >= 0.3 is 0 Å². The molecule has 0 aromatic rings. The van der Waals surface area contributed by atoms with Crippen molar-refractivity contribution in [2.75, 3.05) is 0 Å². The Kier molecular flexibility index (Phi) is 11.0. The van der Waals surface area contributed by atoms with Gasteiger partial charge in [-0.05, 0) is 39.5 Å². The van der Waals surface area contributed by atoms with Crippen molar-refractivity contribution in [3.63, 3.8) is 0 Å². The van der Waals surface area contributed by atoms with Crippen molar-refractivity contribution in [3.8, 4) is 0 Å². The molecule has 0 rings (SSSR count). The Hall–Kier alpha value is -0.260. The molecule has 0 bridgehead atoms. The summed E-state index contributed by atoms with van der Waals surface area (Å²) in [5.74, 6) is 0. The highest BCUT2D eigenvalue weighted by molar-refractivity contribution is 5.09. The van der Waals surface area contributed by atoms with Gasteiger partial charge in [0.1, 0.15) is 0 Å². The molecule has 0 atom stereocenters. The summed E-state index contributed by atoms with van der Waals surface area (Å²) in [5, 5.41) is 0. The molecule has 0 nitrogen and oxygen atoms in total. The van der Waals surface area contributed by atoms with E-state index in [2.05, 4.69) is 27.7 Å². The first kappa shape index (κ1) is 15.7. The number of rotatable bonds is 10. The Labute approximate surface area is 104 Å². The van der Waals surface area contributed by atoms with E-state index < -0.39 is 0 Å². The summed E-state index contributed by atoms with van der Waals surface area (Å²) in [6.45, 7) is 9.23. The summed E-state index contributed by atoms with van der Waals surface area (Å²) in [6, 6.07) is 0. The standard InChI is InChI=1S/C16H32/c1-5-7-9-11-13-15(3)16(4)14-12-10-8-6-2/h5-14H2,1-4H3/b16-15-. The molecule has 0 amide bonds. The van der Waals surface area contributed by atoms with Gasteiger partial charge in [0, 0.05) is 0 Å². The molecule has 0 fully saturated rings. The van der Waals surface area contributed by atoms with Crippen LogP contribution in [0, 0.1) is 0 Å². The zero-order chi connectivity index (χ0) is 12.2. The van der Waals surface area contributed by atoms with Gasteiger partial charge in [-0.15, -0.1) is 0 Å². The number of allylic oxidation sites excluding steroid dienone is 2. The van der Waals surface area contributed by atoms with Crippen molar-refractivity contribution in [1.29, 1.82) is 0 Å². The minimum atomic E-state index is 1.33. The van der Waals surface area contributed by atoms with E-state index in [1.165, 1.54) is 64.2 Å². The molecule has 0 aliphatic rings. The lowest BCUT2D eigenvalue weighted by atomic mass is 9.99. The average Bonchev–Trinajstić information content (AvgIpc) is 2.29. The molecule has 0 aliphatic heterocycles. The minimum absolute atomic E-state index is 1.33. The molecule has 0 aromatic carbocycles. The Morgan fingerprint density at radius 1 is 0.562 bits per heavy atom. The van der Waals surface area contributed by atoms with Crippen LogP contribution < -0.4 is 0 Å². The van der Waals surface area contributed by atoms with E-state index in [9.17, 15) is 0 Å². The van der Waals surface area contributed by atoms with Crippen molar-refractivity contribution < 1.29 is 0 Å². The summed E-state index contributed by atoms with van der Waals surface area (Å²) in [4.78, 5) is 0. The average molecular weight is 224 g/mol. The zero-order valence-electron chi connectivity index (χ0n) is 12.1. The van der Waals surface area contributed by atoms with Gasteiger partial charge in [-0.2, -0.15) is 0 Å². The van der Waals surface area contributed by atoms with Crippen LogP contribution in [-0.2, 0) is 0 Å². The maximum atomic E-state index is 2.33. The molecule has 0 radical (unpaired) electrons. The summed E-state index contributed by atoms with van der Waals surface area (Å²) in [7, 11) is 0. The first-order chi connectivity index (χ1) is 7.72. The van der Waals surface area contributed by atoms with Gasteiger partial charge in [0.15, 0.2) is 0 Å². The zero-order valence-corrected chi connectivity index (χ0v) is 12.1. The monoisotopic (exact) mass is 224 g/mol. The Morgan fingerprint density at radius 2 is 0.938 bits per heavy atom. The molecule has 0 saturated carbocycles. The van der Waals surface area contributed by atoms with Crippen molar-refractivity contribution in [2.24, 2.45) is 0 Å². The maximum absolute atomic E-state index is 2.33. The van der Waals surface area contributed by atoms with Crippen LogP contribution in [0.3, 0.4) is 0 Å². The molecule has 0 N–H and O–H groups in total. The lowest BCUT2D eigenvalue weighted by Crippen LogP contribution is -1.87. The molecule has 16 heavy (non-hydrogen) atoms. The first-order valence-electron chi connectivity index (χ1n) is 7.37. The third kappa shape index (κ3) is 9.00. The second-order valence-corrected chi connectivity index (χ2v) is 5.18. The molecule has 0 unspecified atom stereocenters. The lowest BCUT2D eigenvalue weighted by molar-refractivity contribution is 0.646. The summed E-state index contributed by atoms with van der Waals surface area (Å²) < 4.78 is 0. The van der Waals surface area contributed by atoms with Gasteiger partial charge < -0.3 is 0 Å². The molecular formula is C16H32. The fraction of sp³-hybridized carbons (Fsp3) is 0.875. The molecule has 0 aliphatic carbocycles. The van der Waals surface area contributed by atoms with Crippen LogP contribution in [0.25, 0.3) is 0 Å². The summed E-state index contributed by atoms with van der Waals surface area (Å²) in [5.41, 5.74) is 3.32. The van der Waals surface area contributed by atoms with E-state index in [-0.39, 0.29) is 0 Å². The number of hydrogen-bond acceptors (Lipinski definition) is 0. The molecule has 96 valence electrons. The summed E-state index contributed by atoms with van der Waals surface area (Å²) in [6.07, 6.45) is 13.8. The third-order valence-corrected chi connectivity index (χ3v) is 3.54. The summed E-state index contributed by atoms with van der Waals surface area (Å²) >= 11 is 0. The fourth-order valence-corrected chi connectivity index (χ4v) is 2.06. The van der Waals surface area contributed by atoms with Crippen LogP contribution >= 0.6 is 0 Å². The van der Waals surface area contributed by atoms with E-state index in [0.29, 0.717) is 0 Å².